The van der Waals surface area contributed by atoms with Crippen LogP contribution in [0, 0.1) is 0 Å². The number of anilines is 6. The van der Waals surface area contributed by atoms with Crippen molar-refractivity contribution in [3.63, 3.8) is 0 Å². The van der Waals surface area contributed by atoms with Crippen molar-refractivity contribution in [1.82, 2.24) is 0 Å². The Kier molecular flexibility index (Phi) is 7.24. The molecular formula is C56H34N2O3. The van der Waals surface area contributed by atoms with Gasteiger partial charge in [-0.3, -0.25) is 0 Å². The van der Waals surface area contributed by atoms with E-state index >= 15 is 0 Å². The molecule has 0 aliphatic carbocycles. The molecule has 286 valence electrons. The second-order valence-corrected chi connectivity index (χ2v) is 15.6. The Hall–Kier alpha value is -8.28. The lowest BCUT2D eigenvalue weighted by molar-refractivity contribution is 0.668. The molecule has 0 unspecified atom stereocenters. The average molecular weight is 783 g/mol. The van der Waals surface area contributed by atoms with Crippen LogP contribution < -0.4 is 9.80 Å². The van der Waals surface area contributed by atoms with Gasteiger partial charge in [-0.25, -0.2) is 0 Å². The van der Waals surface area contributed by atoms with Crippen molar-refractivity contribution >= 4 is 121 Å². The highest BCUT2D eigenvalue weighted by atomic mass is 16.3. The zero-order chi connectivity index (χ0) is 40.0. The third-order valence-corrected chi connectivity index (χ3v) is 12.2. The van der Waals surface area contributed by atoms with Crippen LogP contribution in [0.1, 0.15) is 0 Å². The number of furan rings is 3. The predicted molar refractivity (Wildman–Crippen MR) is 253 cm³/mol. The fraction of sp³-hybridized carbons (Fsp3) is 0. The minimum Gasteiger partial charge on any atom is -0.456 e. The first-order chi connectivity index (χ1) is 30.2. The summed E-state index contributed by atoms with van der Waals surface area (Å²) in [5.41, 5.74) is 11.0. The van der Waals surface area contributed by atoms with Gasteiger partial charge in [0.15, 0.2) is 11.2 Å². The molecule has 0 saturated heterocycles. The van der Waals surface area contributed by atoms with Crippen molar-refractivity contribution in [2.24, 2.45) is 0 Å². The van der Waals surface area contributed by atoms with Crippen LogP contribution >= 0.6 is 0 Å². The van der Waals surface area contributed by atoms with Crippen molar-refractivity contribution in [3.05, 3.63) is 206 Å². The quantitative estimate of drug-likeness (QED) is 0.168. The molecule has 5 heteroatoms. The lowest BCUT2D eigenvalue weighted by Gasteiger charge is -2.26. The first kappa shape index (κ1) is 33.7. The Labute approximate surface area is 349 Å². The molecule has 0 aliphatic heterocycles. The molecule has 0 fully saturated rings. The van der Waals surface area contributed by atoms with Gasteiger partial charge in [0.1, 0.15) is 22.3 Å². The SMILES string of the molecule is c1ccc(N(c2ccc3oc4ccccc4c3c2)c2cc3ccccc3c3c2oc2c(N(c4ccccc4)c4ccc5oc6ccccc6c5c4)cc4ccccc4c23)cc1. The van der Waals surface area contributed by atoms with Gasteiger partial charge in [-0.2, -0.15) is 0 Å². The first-order valence-corrected chi connectivity index (χ1v) is 20.6. The average Bonchev–Trinajstić information content (AvgIpc) is 4.02. The van der Waals surface area contributed by atoms with E-state index < -0.39 is 0 Å². The number of para-hydroxylation sites is 4. The normalized spacial score (nSPS) is 11.9. The van der Waals surface area contributed by atoms with Gasteiger partial charge in [-0.05, 0) is 106 Å². The van der Waals surface area contributed by atoms with Gasteiger partial charge >= 0.3 is 0 Å². The molecule has 0 radical (unpaired) electrons. The highest BCUT2D eigenvalue weighted by Crippen LogP contribution is 2.51. The van der Waals surface area contributed by atoms with Gasteiger partial charge in [0.2, 0.25) is 0 Å². The zero-order valence-corrected chi connectivity index (χ0v) is 32.7. The number of nitrogens with zero attached hydrogens (tertiary/aromatic N) is 2. The van der Waals surface area contributed by atoms with Gasteiger partial charge in [0.25, 0.3) is 0 Å². The topological polar surface area (TPSA) is 45.9 Å². The third kappa shape index (κ3) is 5.14. The van der Waals surface area contributed by atoms with Crippen molar-refractivity contribution in [3.8, 4) is 0 Å². The smallest absolute Gasteiger partial charge is 0.160 e. The summed E-state index contributed by atoms with van der Waals surface area (Å²) < 4.78 is 20.2. The molecule has 0 saturated carbocycles. The monoisotopic (exact) mass is 782 g/mol. The van der Waals surface area contributed by atoms with Crippen LogP contribution in [-0.4, -0.2) is 0 Å². The Balaban J connectivity index is 1.15. The minimum absolute atomic E-state index is 0.802. The van der Waals surface area contributed by atoms with E-state index in [1.54, 1.807) is 0 Å². The van der Waals surface area contributed by atoms with Crippen LogP contribution in [0.15, 0.2) is 220 Å². The van der Waals surface area contributed by atoms with Crippen LogP contribution in [-0.2, 0) is 0 Å². The zero-order valence-electron chi connectivity index (χ0n) is 32.7. The molecule has 5 nitrogen and oxygen atoms in total. The summed E-state index contributed by atoms with van der Waals surface area (Å²) >= 11 is 0. The summed E-state index contributed by atoms with van der Waals surface area (Å²) in [5.74, 6) is 0. The van der Waals surface area contributed by atoms with Crippen LogP contribution in [0.2, 0.25) is 0 Å². The van der Waals surface area contributed by atoms with E-state index in [-0.39, 0.29) is 0 Å². The molecule has 3 heterocycles. The minimum atomic E-state index is 0.802. The predicted octanol–water partition coefficient (Wildman–Crippen LogP) is 16.6. The summed E-state index contributed by atoms with van der Waals surface area (Å²) in [6.07, 6.45) is 0. The number of benzene rings is 10. The number of hydrogen-bond donors (Lipinski definition) is 0. The highest BCUT2D eigenvalue weighted by Gasteiger charge is 2.27. The standard InChI is InChI=1S/C56H34N2O3/c1-3-17-37(18-4-1)57(39-27-29-51-45(33-39)43-23-11-13-25-49(43)59-51)47-31-35-15-7-9-21-41(35)53-54-42-22-10-8-16-36(42)32-48(56(54)61-55(47)53)58(38-19-5-2-6-20-38)40-28-30-52-46(34-40)44-24-12-14-26-50(44)60-52/h1-34H. The van der Waals surface area contributed by atoms with Gasteiger partial charge in [-0.1, -0.05) is 121 Å². The van der Waals surface area contributed by atoms with E-state index in [0.29, 0.717) is 0 Å². The molecule has 3 aromatic heterocycles. The van der Waals surface area contributed by atoms with Crippen molar-refractivity contribution in [1.29, 1.82) is 0 Å². The van der Waals surface area contributed by atoms with Crippen LogP contribution in [0.4, 0.5) is 34.1 Å². The summed E-state index contributed by atoms with van der Waals surface area (Å²) in [7, 11) is 0. The summed E-state index contributed by atoms with van der Waals surface area (Å²) in [4.78, 5) is 4.65. The molecule has 0 bridgehead atoms. The van der Waals surface area contributed by atoms with Crippen molar-refractivity contribution in [2.45, 2.75) is 0 Å². The largest absolute Gasteiger partial charge is 0.456 e. The summed E-state index contributed by atoms with van der Waals surface area (Å²) in [6, 6.07) is 72.5. The van der Waals surface area contributed by atoms with Crippen LogP contribution in [0.5, 0.6) is 0 Å². The molecule has 0 amide bonds. The van der Waals surface area contributed by atoms with E-state index in [9.17, 15) is 0 Å². The highest BCUT2D eigenvalue weighted by molar-refractivity contribution is 6.31. The van der Waals surface area contributed by atoms with E-state index in [1.165, 1.54) is 0 Å². The lowest BCUT2D eigenvalue weighted by atomic mass is 9.97. The molecule has 0 aliphatic rings. The second kappa shape index (κ2) is 13.1. The molecule has 61 heavy (non-hydrogen) atoms. The maximum absolute atomic E-state index is 7.54. The molecular weight excluding hydrogens is 749 g/mol. The Morgan fingerprint density at radius 3 is 1.10 bits per heavy atom. The first-order valence-electron chi connectivity index (χ1n) is 20.6. The maximum Gasteiger partial charge on any atom is 0.160 e. The Bertz CT molecular complexity index is 3590. The van der Waals surface area contributed by atoms with Crippen molar-refractivity contribution < 1.29 is 13.3 Å². The molecule has 0 N–H and O–H groups in total. The fourth-order valence-electron chi connectivity index (χ4n) is 9.48. The second-order valence-electron chi connectivity index (χ2n) is 15.6. The number of fused-ring (bicyclic) bond motifs is 13. The van der Waals surface area contributed by atoms with Crippen LogP contribution in [0.25, 0.3) is 87.4 Å². The van der Waals surface area contributed by atoms with Gasteiger partial charge in [0, 0.05) is 55.1 Å². The lowest BCUT2D eigenvalue weighted by Crippen LogP contribution is -2.10. The van der Waals surface area contributed by atoms with E-state index in [0.717, 1.165) is 121 Å². The molecule has 0 atom stereocenters. The molecule has 10 aromatic carbocycles. The number of rotatable bonds is 6. The Morgan fingerprint density at radius 1 is 0.262 bits per heavy atom. The molecule has 13 aromatic rings. The van der Waals surface area contributed by atoms with Crippen molar-refractivity contribution in [2.75, 3.05) is 9.80 Å². The number of hydrogen-bond acceptors (Lipinski definition) is 5. The van der Waals surface area contributed by atoms with Crippen LogP contribution in [0.3, 0.4) is 0 Å². The Morgan fingerprint density at radius 2 is 0.639 bits per heavy atom. The van der Waals surface area contributed by atoms with Gasteiger partial charge < -0.3 is 23.1 Å². The summed E-state index contributed by atoms with van der Waals surface area (Å²) in [5, 5.41) is 10.9. The third-order valence-electron chi connectivity index (χ3n) is 12.2. The molecule has 13 rings (SSSR count). The van der Waals surface area contributed by atoms with E-state index in [2.05, 4.69) is 192 Å². The summed E-state index contributed by atoms with van der Waals surface area (Å²) in [6.45, 7) is 0. The van der Waals surface area contributed by atoms with Gasteiger partial charge in [0.05, 0.1) is 11.4 Å². The molecule has 0 spiro atoms. The van der Waals surface area contributed by atoms with E-state index in [1.807, 2.05) is 24.3 Å². The maximum atomic E-state index is 7.54. The van der Waals surface area contributed by atoms with E-state index in [4.69, 9.17) is 13.3 Å². The fourth-order valence-corrected chi connectivity index (χ4v) is 9.48. The van der Waals surface area contributed by atoms with Gasteiger partial charge in [-0.15, -0.1) is 0 Å².